The van der Waals surface area contributed by atoms with E-state index >= 15 is 0 Å². The van der Waals surface area contributed by atoms with Crippen molar-refractivity contribution in [2.45, 2.75) is 451 Å². The van der Waals surface area contributed by atoms with E-state index < -0.39 is 0 Å². The van der Waals surface area contributed by atoms with Crippen LogP contribution in [0.5, 0.6) is 0 Å². The molecule has 4 rings (SSSR count). The van der Waals surface area contributed by atoms with Crippen molar-refractivity contribution in [1.82, 2.24) is 21.3 Å². The topological polar surface area (TPSA) is 204 Å². The lowest BCUT2D eigenvalue weighted by Crippen LogP contribution is -2.93. The molecule has 0 aromatic carbocycles. The number of hydrogen-bond acceptors (Lipinski definition) is 10. The van der Waals surface area contributed by atoms with E-state index in [9.17, 15) is 0 Å². The molecule has 570 valence electrons. The number of piperazine rings is 2. The normalized spacial score (nSPS) is 31.2. The minimum Gasteiger partial charge on any atom is -0.325 e. The van der Waals surface area contributed by atoms with Crippen molar-refractivity contribution in [3.05, 3.63) is 0 Å². The third kappa shape index (κ3) is 14.0. The van der Waals surface area contributed by atoms with Gasteiger partial charge < -0.3 is 55.7 Å². The van der Waals surface area contributed by atoms with E-state index in [0.717, 1.165) is 0 Å². The molecule has 4 aliphatic rings. The van der Waals surface area contributed by atoms with Gasteiger partial charge in [0, 0.05) is 60.9 Å². The molecule has 3 unspecified atom stereocenters. The zero-order valence-corrected chi connectivity index (χ0v) is 74.9. The van der Waals surface area contributed by atoms with E-state index in [4.69, 9.17) is 34.4 Å². The average molecular weight is 1340 g/mol. The summed E-state index contributed by atoms with van der Waals surface area (Å²) in [4.78, 5) is 0. The van der Waals surface area contributed by atoms with Crippen LogP contribution >= 0.6 is 0 Å². The Labute approximate surface area is 597 Å². The van der Waals surface area contributed by atoms with Crippen LogP contribution in [0.1, 0.15) is 373 Å². The molecule has 2 aliphatic carbocycles. The van der Waals surface area contributed by atoms with E-state index in [2.05, 4.69) is 388 Å². The SMILES string of the molecule is CC(C)(N)C(C)(C)C(C)(C)C1C(C)(C)C(C)(C)C(C(C)(C)C(C)(C)C(C)(C)N)C(C)(C)C1(C)C.CC(C)(N)C(C)(C)C(C)(C)C1C(C)(C)C(C)(C)CC(C)(C)C1(C)C.CC(C)(N)C1(C)NC(C)(C)C(C)(C(C)(C)N)NC1(C)C.CC(C)(N)C1(C)NC(C)(C)C(C)(C)NC1(C)C. The molecule has 10 nitrogen and oxygen atoms in total. The van der Waals surface area contributed by atoms with Crippen molar-refractivity contribution in [1.29, 1.82) is 0 Å². The van der Waals surface area contributed by atoms with Crippen molar-refractivity contribution in [2.75, 3.05) is 0 Å². The smallest absolute Gasteiger partial charge is 0.0511 e. The fraction of sp³-hybridized carbons (Fsp3) is 1.00. The van der Waals surface area contributed by atoms with Crippen LogP contribution in [0.3, 0.4) is 0 Å². The van der Waals surface area contributed by atoms with Crippen molar-refractivity contribution in [3.8, 4) is 0 Å². The first-order chi connectivity index (χ1) is 39.9. The molecule has 0 aromatic heterocycles. The first kappa shape index (κ1) is 92.6. The first-order valence-electron chi connectivity index (χ1n) is 37.8. The minimum atomic E-state index is -0.374. The van der Waals surface area contributed by atoms with Crippen LogP contribution < -0.4 is 55.7 Å². The molecule has 0 radical (unpaired) electrons. The first-order valence-corrected chi connectivity index (χ1v) is 37.8. The van der Waals surface area contributed by atoms with Gasteiger partial charge in [0.05, 0.1) is 16.6 Å². The van der Waals surface area contributed by atoms with Crippen molar-refractivity contribution in [2.24, 2.45) is 128 Å². The predicted octanol–water partition coefficient (Wildman–Crippen LogP) is 19.6. The fourth-order valence-electron chi connectivity index (χ4n) is 22.2. The summed E-state index contributed by atoms with van der Waals surface area (Å²) in [6, 6.07) is 0. The van der Waals surface area contributed by atoms with Crippen LogP contribution in [0.25, 0.3) is 0 Å². The summed E-state index contributed by atoms with van der Waals surface area (Å²) in [5.41, 5.74) is 38.2. The summed E-state index contributed by atoms with van der Waals surface area (Å²) >= 11 is 0. The highest BCUT2D eigenvalue weighted by atomic mass is 15.3. The van der Waals surface area contributed by atoms with Gasteiger partial charge >= 0.3 is 0 Å². The second kappa shape index (κ2) is 24.3. The van der Waals surface area contributed by atoms with Crippen LogP contribution in [0.15, 0.2) is 0 Å². The Balaban J connectivity index is 0.000000656. The molecule has 0 bridgehead atoms. The number of rotatable bonds is 12. The molecule has 10 heteroatoms. The second-order valence-corrected chi connectivity index (χ2v) is 47.9. The molecule has 0 amide bonds. The Bertz CT molecular complexity index is 2490. The van der Waals surface area contributed by atoms with Crippen LogP contribution in [0.2, 0.25) is 0 Å². The van der Waals surface area contributed by atoms with Crippen molar-refractivity contribution >= 4 is 0 Å². The standard InChI is InChI=1S/C32H66N2.C23H47N.C16H36N4.C14H31N3/c1-23(2)21(27(9,10)29(13,14)31(17,18)33)25(5,6)26(7,8)22(24(23,3)4)28(11,12)30(15,16)32(19,20)34;1-17(2)15-18(3,4)20(7,8)16(19(17,5)6)21(9,10)22(11,12)23(13,14)24;1-11(2,17)15(9)13(5,6)20-16(10,12(3,4)18)14(7,8)19-15;1-10(2,15)14(9)13(7,8)16-11(3,4)12(5,6)17-14/h21-22H,33-34H2,1-20H3;16H,15,24H2,1-14H3;19-20H,17-18H2,1-10H3;16-17H,15H2,1-9H3. The molecule has 2 saturated carbocycles. The molecule has 2 heterocycles. The van der Waals surface area contributed by atoms with Gasteiger partial charge in [0.1, 0.15) is 0 Å². The molecule has 2 saturated heterocycles. The van der Waals surface area contributed by atoms with E-state index in [0.29, 0.717) is 28.6 Å². The number of nitrogens with one attached hydrogen (secondary N) is 4. The molecular weight excluding hydrogens is 1160 g/mol. The fourth-order valence-corrected chi connectivity index (χ4v) is 22.2. The van der Waals surface area contributed by atoms with Gasteiger partial charge in [-0.1, -0.05) is 194 Å². The maximum atomic E-state index is 6.91. The Morgan fingerprint density at radius 3 is 0.537 bits per heavy atom. The lowest BCUT2D eigenvalue weighted by atomic mass is 9.27. The maximum absolute atomic E-state index is 6.91. The minimum absolute atomic E-state index is 0.00452. The Morgan fingerprint density at radius 2 is 0.368 bits per heavy atom. The van der Waals surface area contributed by atoms with Gasteiger partial charge in [-0.25, -0.2) is 0 Å². The third-order valence-electron chi connectivity index (χ3n) is 35.3. The molecule has 2 aliphatic heterocycles. The highest BCUT2D eigenvalue weighted by Crippen LogP contribution is 2.79. The lowest BCUT2D eigenvalue weighted by molar-refractivity contribution is -0.291. The summed E-state index contributed by atoms with van der Waals surface area (Å²) in [6.07, 6.45) is 1.26. The van der Waals surface area contributed by atoms with Gasteiger partial charge in [-0.2, -0.15) is 0 Å². The van der Waals surface area contributed by atoms with Gasteiger partial charge in [0.15, 0.2) is 0 Å². The number of hydrogen-bond donors (Lipinski definition) is 10. The number of nitrogens with two attached hydrogens (primary N) is 6. The zero-order chi connectivity index (χ0) is 78.3. The molecule has 0 aromatic rings. The highest BCUT2D eigenvalue weighted by molar-refractivity contribution is 5.30. The Kier molecular flexibility index (Phi) is 23.7. The summed E-state index contributed by atoms with van der Waals surface area (Å²) in [5, 5.41) is 15.2. The van der Waals surface area contributed by atoms with Crippen LogP contribution in [0.4, 0.5) is 0 Å². The average Bonchev–Trinajstić information content (AvgIpc) is 0.674. The summed E-state index contributed by atoms with van der Waals surface area (Å²) in [5.74, 6) is 1.47. The molecule has 4 fully saturated rings. The lowest BCUT2D eigenvalue weighted by Gasteiger charge is -2.77. The molecule has 3 atom stereocenters. The zero-order valence-electron chi connectivity index (χ0n) is 74.9. The maximum Gasteiger partial charge on any atom is 0.0511 e. The molecule has 0 spiro atoms. The second-order valence-electron chi connectivity index (χ2n) is 47.9. The van der Waals surface area contributed by atoms with E-state index in [-0.39, 0.29) is 143 Å². The quantitative estimate of drug-likeness (QED) is 0.0895. The van der Waals surface area contributed by atoms with Crippen LogP contribution in [-0.2, 0) is 0 Å². The Morgan fingerprint density at radius 1 is 0.221 bits per heavy atom. The van der Waals surface area contributed by atoms with Crippen molar-refractivity contribution < 1.29 is 0 Å². The highest BCUT2D eigenvalue weighted by Gasteiger charge is 2.75. The van der Waals surface area contributed by atoms with Gasteiger partial charge in [-0.15, -0.1) is 0 Å². The summed E-state index contributed by atoms with van der Waals surface area (Å²) < 4.78 is 0. The van der Waals surface area contributed by atoms with Gasteiger partial charge in [-0.3, -0.25) is 0 Å². The van der Waals surface area contributed by atoms with Crippen molar-refractivity contribution in [3.63, 3.8) is 0 Å². The summed E-state index contributed by atoms with van der Waals surface area (Å²) in [6.45, 7) is 124. The Hall–Kier alpha value is -0.400. The van der Waals surface area contributed by atoms with Crippen LogP contribution in [0, 0.1) is 93.6 Å². The largest absolute Gasteiger partial charge is 0.325 e. The van der Waals surface area contributed by atoms with E-state index in [1.54, 1.807) is 0 Å². The van der Waals surface area contributed by atoms with E-state index in [1.165, 1.54) is 6.42 Å². The molecule has 95 heavy (non-hydrogen) atoms. The van der Waals surface area contributed by atoms with Gasteiger partial charge in [-0.05, 0) is 273 Å². The van der Waals surface area contributed by atoms with Gasteiger partial charge in [0.2, 0.25) is 0 Å². The van der Waals surface area contributed by atoms with E-state index in [1.807, 2.05) is 0 Å². The molecular formula is C85H180N10. The summed E-state index contributed by atoms with van der Waals surface area (Å²) in [7, 11) is 0. The molecule has 16 N–H and O–H groups in total. The third-order valence-corrected chi connectivity index (χ3v) is 35.3. The predicted molar refractivity (Wildman–Crippen MR) is 426 cm³/mol. The monoisotopic (exact) mass is 1340 g/mol. The van der Waals surface area contributed by atoms with Gasteiger partial charge in [0.25, 0.3) is 0 Å². The van der Waals surface area contributed by atoms with Crippen LogP contribution in [-0.4, -0.2) is 77.5 Å².